The molecule has 8 nitrogen and oxygen atoms in total. The highest BCUT2D eigenvalue weighted by Gasteiger charge is 2.14. The molecule has 176 valence electrons. The Kier molecular flexibility index (Phi) is 11.8. The van der Waals surface area contributed by atoms with Gasteiger partial charge >= 0.3 is 6.03 Å². The molecule has 2 aromatic rings. The number of halogens is 2. The van der Waals surface area contributed by atoms with E-state index in [-0.39, 0.29) is 30.8 Å². The van der Waals surface area contributed by atoms with Crippen LogP contribution in [-0.4, -0.2) is 54.9 Å². The van der Waals surface area contributed by atoms with Crippen LogP contribution in [0.5, 0.6) is 0 Å². The van der Waals surface area contributed by atoms with Crippen molar-refractivity contribution < 1.29 is 9.53 Å². The molecule has 1 fully saturated rings. The second kappa shape index (κ2) is 13.2. The summed E-state index contributed by atoms with van der Waals surface area (Å²) in [6, 6.07) is 2.79. The van der Waals surface area contributed by atoms with Crippen molar-refractivity contribution in [2.75, 3.05) is 31.6 Å². The first-order chi connectivity index (χ1) is 13.9. The van der Waals surface area contributed by atoms with Crippen LogP contribution in [0.25, 0.3) is 11.2 Å². The standard InChI is InChI=1S/C20H34N6O2Si.2ClH/c1-29(2,3)12-11-28-15-26-10-7-17-19(26)23-14-18(24-17)25-20(27)22-9-6-16-5-4-8-21-13-16;;/h7,10,14,16,21H,4-6,8-9,11-13,15H2,1-3H3,(H2,22,24,25,27);2*1H. The van der Waals surface area contributed by atoms with Crippen LogP contribution in [0.3, 0.4) is 0 Å². The number of hydrogen-bond acceptors (Lipinski definition) is 5. The molecule has 0 radical (unpaired) electrons. The Balaban J connectivity index is 0.00000240. The zero-order chi connectivity index (χ0) is 20.7. The summed E-state index contributed by atoms with van der Waals surface area (Å²) in [6.45, 7) is 11.1. The third-order valence-corrected chi connectivity index (χ3v) is 6.87. The highest BCUT2D eigenvalue weighted by Crippen LogP contribution is 2.15. The zero-order valence-corrected chi connectivity index (χ0v) is 21.3. The number of carbonyl (C=O) groups is 1. The van der Waals surface area contributed by atoms with Gasteiger partial charge in [-0.2, -0.15) is 0 Å². The number of fused-ring (bicyclic) bond motifs is 1. The van der Waals surface area contributed by atoms with E-state index < -0.39 is 8.07 Å². The summed E-state index contributed by atoms with van der Waals surface area (Å²) in [7, 11) is -1.09. The molecule has 0 bridgehead atoms. The molecule has 1 aliphatic heterocycles. The fourth-order valence-corrected chi connectivity index (χ4v) is 4.14. The summed E-state index contributed by atoms with van der Waals surface area (Å²) in [5, 5.41) is 9.08. The first-order valence-corrected chi connectivity index (χ1v) is 14.3. The maximum atomic E-state index is 12.1. The zero-order valence-electron chi connectivity index (χ0n) is 18.6. The molecule has 1 aliphatic rings. The van der Waals surface area contributed by atoms with Gasteiger partial charge in [0.2, 0.25) is 0 Å². The van der Waals surface area contributed by atoms with Gasteiger partial charge in [0, 0.05) is 27.4 Å². The third kappa shape index (κ3) is 9.32. The number of nitrogens with zero attached hydrogens (tertiary/aromatic N) is 3. The molecule has 0 spiro atoms. The quantitative estimate of drug-likeness (QED) is 0.363. The molecule has 0 aromatic carbocycles. The molecular weight excluding hydrogens is 455 g/mol. The molecule has 1 saturated heterocycles. The fourth-order valence-electron chi connectivity index (χ4n) is 3.39. The average Bonchev–Trinajstić information content (AvgIpc) is 3.07. The Bertz CT molecular complexity index is 809. The molecule has 3 heterocycles. The minimum atomic E-state index is -1.09. The number of hydrogen-bond donors (Lipinski definition) is 3. The van der Waals surface area contributed by atoms with Crippen LogP contribution in [-0.2, 0) is 11.5 Å². The van der Waals surface area contributed by atoms with Crippen molar-refractivity contribution in [1.29, 1.82) is 0 Å². The number of anilines is 1. The Morgan fingerprint density at radius 3 is 2.87 bits per heavy atom. The highest BCUT2D eigenvalue weighted by molar-refractivity contribution is 6.76. The van der Waals surface area contributed by atoms with Crippen LogP contribution in [0.1, 0.15) is 19.3 Å². The van der Waals surface area contributed by atoms with Crippen LogP contribution in [0.15, 0.2) is 18.5 Å². The number of piperidine rings is 1. The van der Waals surface area contributed by atoms with Gasteiger partial charge in [0.15, 0.2) is 11.5 Å². The number of rotatable bonds is 9. The van der Waals surface area contributed by atoms with Crippen molar-refractivity contribution >= 4 is 55.9 Å². The summed E-state index contributed by atoms with van der Waals surface area (Å²) < 4.78 is 7.74. The van der Waals surface area contributed by atoms with Crippen molar-refractivity contribution in [3.8, 4) is 0 Å². The van der Waals surface area contributed by atoms with E-state index in [0.717, 1.165) is 43.3 Å². The molecular formula is C20H36Cl2N6O2Si. The molecule has 1 unspecified atom stereocenters. The Hall–Kier alpha value is -1.39. The summed E-state index contributed by atoms with van der Waals surface area (Å²) >= 11 is 0. The number of carbonyl (C=O) groups excluding carboxylic acids is 1. The lowest BCUT2D eigenvalue weighted by Gasteiger charge is -2.22. The van der Waals surface area contributed by atoms with Crippen LogP contribution < -0.4 is 16.0 Å². The lowest BCUT2D eigenvalue weighted by atomic mass is 9.96. The van der Waals surface area contributed by atoms with E-state index in [4.69, 9.17) is 4.74 Å². The molecule has 3 rings (SSSR count). The molecule has 2 amide bonds. The van der Waals surface area contributed by atoms with Crippen LogP contribution in [0.2, 0.25) is 25.7 Å². The maximum Gasteiger partial charge on any atom is 0.320 e. The predicted octanol–water partition coefficient (Wildman–Crippen LogP) is 4.10. The lowest BCUT2D eigenvalue weighted by Crippen LogP contribution is -2.34. The van der Waals surface area contributed by atoms with Crippen molar-refractivity contribution in [2.24, 2.45) is 5.92 Å². The second-order valence-electron chi connectivity index (χ2n) is 8.98. The Morgan fingerprint density at radius 1 is 1.35 bits per heavy atom. The van der Waals surface area contributed by atoms with E-state index in [1.165, 1.54) is 12.8 Å². The van der Waals surface area contributed by atoms with E-state index in [0.29, 0.717) is 25.0 Å². The van der Waals surface area contributed by atoms with E-state index in [9.17, 15) is 4.79 Å². The van der Waals surface area contributed by atoms with Crippen LogP contribution >= 0.6 is 24.8 Å². The molecule has 11 heteroatoms. The molecule has 31 heavy (non-hydrogen) atoms. The van der Waals surface area contributed by atoms with Crippen LogP contribution in [0, 0.1) is 5.92 Å². The molecule has 0 saturated carbocycles. The van der Waals surface area contributed by atoms with Crippen molar-refractivity contribution in [3.05, 3.63) is 18.5 Å². The van der Waals surface area contributed by atoms with Gasteiger partial charge in [-0.15, -0.1) is 24.8 Å². The minimum Gasteiger partial charge on any atom is -0.361 e. The first kappa shape index (κ1) is 27.6. The van der Waals surface area contributed by atoms with Gasteiger partial charge in [-0.25, -0.2) is 14.8 Å². The Labute approximate surface area is 198 Å². The topological polar surface area (TPSA) is 93.1 Å². The maximum absolute atomic E-state index is 12.1. The second-order valence-corrected chi connectivity index (χ2v) is 14.6. The van der Waals surface area contributed by atoms with E-state index in [1.807, 2.05) is 16.8 Å². The summed E-state index contributed by atoms with van der Waals surface area (Å²) in [5.74, 6) is 1.10. The highest BCUT2D eigenvalue weighted by atomic mass is 35.5. The molecule has 0 aliphatic carbocycles. The van der Waals surface area contributed by atoms with Gasteiger partial charge in [0.25, 0.3) is 0 Å². The Morgan fingerprint density at radius 2 is 2.16 bits per heavy atom. The van der Waals surface area contributed by atoms with Crippen molar-refractivity contribution in [1.82, 2.24) is 25.2 Å². The number of ether oxygens (including phenoxy) is 1. The van der Waals surface area contributed by atoms with E-state index in [1.54, 1.807) is 6.20 Å². The van der Waals surface area contributed by atoms with E-state index in [2.05, 4.69) is 45.6 Å². The number of aromatic nitrogens is 3. The SMILES string of the molecule is C[Si](C)(C)CCOCn1ccc2nc(NC(=O)NCCC3CCCNC3)cnc21.Cl.Cl. The molecule has 3 N–H and O–H groups in total. The summed E-state index contributed by atoms with van der Waals surface area (Å²) in [5.41, 5.74) is 1.50. The fraction of sp³-hybridized carbons (Fsp3) is 0.650. The number of amides is 2. The van der Waals surface area contributed by atoms with Gasteiger partial charge < -0.3 is 19.9 Å². The van der Waals surface area contributed by atoms with Gasteiger partial charge in [-0.3, -0.25) is 5.32 Å². The van der Waals surface area contributed by atoms with Crippen LogP contribution in [0.4, 0.5) is 10.6 Å². The summed E-state index contributed by atoms with van der Waals surface area (Å²) in [6.07, 6.45) is 6.95. The lowest BCUT2D eigenvalue weighted by molar-refractivity contribution is 0.0899. The van der Waals surface area contributed by atoms with Gasteiger partial charge in [0.1, 0.15) is 12.2 Å². The molecule has 2 aromatic heterocycles. The monoisotopic (exact) mass is 490 g/mol. The molecule has 1 atom stereocenters. The first-order valence-electron chi connectivity index (χ1n) is 10.6. The predicted molar refractivity (Wildman–Crippen MR) is 133 cm³/mol. The number of nitrogens with one attached hydrogen (secondary N) is 3. The minimum absolute atomic E-state index is 0. The smallest absolute Gasteiger partial charge is 0.320 e. The number of urea groups is 1. The average molecular weight is 492 g/mol. The van der Waals surface area contributed by atoms with Gasteiger partial charge in [-0.1, -0.05) is 19.6 Å². The normalized spacial score (nSPS) is 16.3. The largest absolute Gasteiger partial charge is 0.361 e. The van der Waals surface area contributed by atoms with Gasteiger partial charge in [-0.05, 0) is 50.4 Å². The third-order valence-electron chi connectivity index (χ3n) is 5.17. The summed E-state index contributed by atoms with van der Waals surface area (Å²) in [4.78, 5) is 21.1. The van der Waals surface area contributed by atoms with E-state index >= 15 is 0 Å². The van der Waals surface area contributed by atoms with Gasteiger partial charge in [0.05, 0.1) is 6.20 Å². The van der Waals surface area contributed by atoms with Crippen molar-refractivity contribution in [2.45, 2.75) is 51.7 Å². The van der Waals surface area contributed by atoms with Crippen molar-refractivity contribution in [3.63, 3.8) is 0 Å².